The van der Waals surface area contributed by atoms with E-state index in [4.69, 9.17) is 8.83 Å². The number of benzene rings is 2. The summed E-state index contributed by atoms with van der Waals surface area (Å²) in [4.78, 5) is 21.2. The summed E-state index contributed by atoms with van der Waals surface area (Å²) in [6.45, 7) is 18.8. The van der Waals surface area contributed by atoms with Gasteiger partial charge in [-0.15, -0.1) is 23.6 Å². The number of hydrogen-bond acceptors (Lipinski definition) is 7. The molecule has 2 aromatic carbocycles. The summed E-state index contributed by atoms with van der Waals surface area (Å²) in [6.07, 6.45) is 8.01. The van der Waals surface area contributed by atoms with Crippen LogP contribution in [0.2, 0.25) is 0 Å². The van der Waals surface area contributed by atoms with Gasteiger partial charge in [0.1, 0.15) is 23.3 Å². The molecule has 6 aromatic rings. The number of furan rings is 2. The van der Waals surface area contributed by atoms with Crippen molar-refractivity contribution in [1.82, 2.24) is 9.97 Å². The molecule has 0 atom stereocenters. The molecule has 0 saturated heterocycles. The molecule has 0 saturated carbocycles. The van der Waals surface area contributed by atoms with Crippen molar-refractivity contribution >= 4 is 60.2 Å². The molecule has 1 radical (unpaired) electrons. The largest absolute Gasteiger partial charge is 0.512 e. The Labute approximate surface area is 295 Å². The van der Waals surface area contributed by atoms with Gasteiger partial charge in [-0.3, -0.25) is 9.78 Å². The monoisotopic (exact) mass is 830 g/mol. The molecule has 0 bridgehead atoms. The molecule has 1 N–H and O–H groups in total. The van der Waals surface area contributed by atoms with Crippen molar-refractivity contribution in [1.29, 1.82) is 0 Å². The van der Waals surface area contributed by atoms with Crippen LogP contribution in [0.3, 0.4) is 0 Å². The van der Waals surface area contributed by atoms with E-state index in [1.54, 1.807) is 23.9 Å². The van der Waals surface area contributed by atoms with E-state index >= 15 is 0 Å². The zero-order valence-corrected chi connectivity index (χ0v) is 32.0. The maximum Gasteiger partial charge on any atom is 0.223 e. The third-order valence-corrected chi connectivity index (χ3v) is 10.9. The molecule has 0 aliphatic rings. The van der Waals surface area contributed by atoms with Gasteiger partial charge in [0.25, 0.3) is 0 Å². The van der Waals surface area contributed by atoms with E-state index in [1.165, 1.54) is 16.3 Å². The molecule has 0 spiro atoms. The third-order valence-electron chi connectivity index (χ3n) is 9.98. The zero-order chi connectivity index (χ0) is 33.4. The number of thiophene rings is 1. The standard InChI is InChI=1S/C24H17N2O2S.C15H28O2.Ir/c1-24(2,3)17-10-15(8-14-5-7-29-22(14)17)21-20-16-9-13-4-6-27-18(13)11-19(16)28-23(20)26-12-25-21;1-7-14(5,8-2)12(16)11-13(17)15(6,9-3)10-4;/h4-7,9-12H,1-3H3;11,16H,7-10H2,1-6H3;/q-1;;/b;12-11-;. The van der Waals surface area contributed by atoms with Crippen molar-refractivity contribution in [3.8, 4) is 11.3 Å². The topological polar surface area (TPSA) is 89.4 Å². The fourth-order valence-electron chi connectivity index (χ4n) is 5.64. The molecule has 6 rings (SSSR count). The van der Waals surface area contributed by atoms with E-state index in [0.717, 1.165) is 69.7 Å². The van der Waals surface area contributed by atoms with Crippen LogP contribution in [0.1, 0.15) is 93.6 Å². The fraction of sp³-hybridized carbons (Fsp3) is 0.410. The van der Waals surface area contributed by atoms with Gasteiger partial charge in [-0.05, 0) is 53.3 Å². The van der Waals surface area contributed by atoms with Crippen molar-refractivity contribution in [3.63, 3.8) is 0 Å². The van der Waals surface area contributed by atoms with E-state index < -0.39 is 0 Å². The van der Waals surface area contributed by atoms with Crippen LogP contribution in [0.25, 0.3) is 54.4 Å². The summed E-state index contributed by atoms with van der Waals surface area (Å²) in [5.41, 5.74) is 4.64. The number of aromatic nitrogens is 2. The first-order valence-corrected chi connectivity index (χ1v) is 17.1. The molecular formula is C39H45IrN2O4S-. The van der Waals surface area contributed by atoms with E-state index in [0.29, 0.717) is 5.71 Å². The smallest absolute Gasteiger partial charge is 0.223 e. The second-order valence-electron chi connectivity index (χ2n) is 13.8. The number of carbonyl (C=O) groups excluding carboxylic acids is 1. The number of allylic oxidation sites excluding steroid dienone is 2. The summed E-state index contributed by atoms with van der Waals surface area (Å²) in [5, 5.41) is 16.3. The first kappa shape index (κ1) is 36.5. The minimum atomic E-state index is -0.337. The maximum absolute atomic E-state index is 12.2. The Kier molecular flexibility index (Phi) is 10.9. The van der Waals surface area contributed by atoms with Gasteiger partial charge >= 0.3 is 0 Å². The minimum Gasteiger partial charge on any atom is -0.512 e. The average molecular weight is 830 g/mol. The number of fused-ring (bicyclic) bond motifs is 5. The summed E-state index contributed by atoms with van der Waals surface area (Å²) in [6, 6.07) is 13.9. The van der Waals surface area contributed by atoms with Crippen LogP contribution in [-0.2, 0) is 30.3 Å². The van der Waals surface area contributed by atoms with Crippen LogP contribution in [0.15, 0.2) is 69.0 Å². The molecule has 8 heteroatoms. The van der Waals surface area contributed by atoms with Gasteiger partial charge in [-0.1, -0.05) is 73.4 Å². The average Bonchev–Trinajstić information content (AvgIpc) is 3.80. The Bertz CT molecular complexity index is 2050. The van der Waals surface area contributed by atoms with E-state index in [-0.39, 0.29) is 47.9 Å². The van der Waals surface area contributed by atoms with E-state index in [2.05, 4.69) is 60.4 Å². The fourth-order valence-corrected chi connectivity index (χ4v) is 6.72. The van der Waals surface area contributed by atoms with Crippen LogP contribution in [-0.4, -0.2) is 20.9 Å². The number of carbonyl (C=O) groups is 1. The van der Waals surface area contributed by atoms with E-state index in [9.17, 15) is 9.90 Å². The van der Waals surface area contributed by atoms with Gasteiger partial charge in [0.15, 0.2) is 5.78 Å². The quantitative estimate of drug-likeness (QED) is 0.0934. The molecule has 0 aliphatic carbocycles. The molecule has 251 valence electrons. The molecule has 4 heterocycles. The SMILES string of the molecule is CC(C)(C)c1cc(-c2ncnc3oc4cc5occc5cc4c23)[c-]c2ccsc12.CCC(C)(CC)C(=O)/C=C(\O)C(C)(CC)CC.[Ir]. The van der Waals surface area contributed by atoms with Gasteiger partial charge < -0.3 is 13.9 Å². The number of rotatable bonds is 8. The number of aliphatic hydroxyl groups excluding tert-OH is 1. The molecular weight excluding hydrogens is 785 g/mol. The summed E-state index contributed by atoms with van der Waals surface area (Å²) < 4.78 is 12.8. The number of nitrogens with zero attached hydrogens (tertiary/aromatic N) is 2. The molecule has 0 unspecified atom stereocenters. The molecule has 47 heavy (non-hydrogen) atoms. The minimum absolute atomic E-state index is 0. The Morgan fingerprint density at radius 2 is 1.62 bits per heavy atom. The Hall–Kier alpha value is -3.32. The summed E-state index contributed by atoms with van der Waals surface area (Å²) in [5.74, 6) is 0.286. The molecule has 0 amide bonds. The predicted molar refractivity (Wildman–Crippen MR) is 191 cm³/mol. The van der Waals surface area contributed by atoms with Crippen LogP contribution in [0, 0.1) is 16.9 Å². The Balaban J connectivity index is 0.000000242. The van der Waals surface area contributed by atoms with Gasteiger partial charge in [-0.2, -0.15) is 11.3 Å². The first-order valence-electron chi connectivity index (χ1n) is 16.2. The molecule has 4 aromatic heterocycles. The summed E-state index contributed by atoms with van der Waals surface area (Å²) in [7, 11) is 0. The van der Waals surface area contributed by atoms with Crippen molar-refractivity contribution in [2.24, 2.45) is 10.8 Å². The van der Waals surface area contributed by atoms with Gasteiger partial charge in [0.2, 0.25) is 5.71 Å². The van der Waals surface area contributed by atoms with Crippen molar-refractivity contribution in [3.05, 3.63) is 71.8 Å². The molecule has 0 fully saturated rings. The number of hydrogen-bond donors (Lipinski definition) is 1. The van der Waals surface area contributed by atoms with Crippen molar-refractivity contribution < 1.29 is 38.8 Å². The Morgan fingerprint density at radius 1 is 0.936 bits per heavy atom. The zero-order valence-electron chi connectivity index (χ0n) is 28.8. The first-order chi connectivity index (χ1) is 21.8. The number of ketones is 1. The maximum atomic E-state index is 12.2. The number of aliphatic hydroxyl groups is 1. The second-order valence-corrected chi connectivity index (χ2v) is 14.7. The predicted octanol–water partition coefficient (Wildman–Crippen LogP) is 11.7. The summed E-state index contributed by atoms with van der Waals surface area (Å²) >= 11 is 1.76. The molecule has 0 aliphatic heterocycles. The Morgan fingerprint density at radius 3 is 2.26 bits per heavy atom. The third kappa shape index (κ3) is 6.97. The van der Waals surface area contributed by atoms with Gasteiger partial charge in [-0.25, -0.2) is 4.98 Å². The second kappa shape index (κ2) is 14.0. The van der Waals surface area contributed by atoms with Crippen LogP contribution in [0.5, 0.6) is 0 Å². The van der Waals surface area contributed by atoms with Gasteiger partial charge in [0, 0.05) is 64.9 Å². The van der Waals surface area contributed by atoms with E-state index in [1.807, 2.05) is 53.7 Å². The van der Waals surface area contributed by atoms with Crippen LogP contribution in [0.4, 0.5) is 0 Å². The van der Waals surface area contributed by atoms with Crippen LogP contribution < -0.4 is 0 Å². The van der Waals surface area contributed by atoms with Crippen molar-refractivity contribution in [2.75, 3.05) is 0 Å². The molecule has 6 nitrogen and oxygen atoms in total. The normalized spacial score (nSPS) is 12.8. The van der Waals surface area contributed by atoms with Crippen LogP contribution >= 0.6 is 11.3 Å². The van der Waals surface area contributed by atoms with Crippen molar-refractivity contribution in [2.45, 2.75) is 93.4 Å². The van der Waals surface area contributed by atoms with Gasteiger partial charge in [0.05, 0.1) is 6.26 Å².